The summed E-state index contributed by atoms with van der Waals surface area (Å²) in [5.41, 5.74) is 0.705. The number of ketones is 3. The lowest BCUT2D eigenvalue weighted by Gasteiger charge is -2.45. The summed E-state index contributed by atoms with van der Waals surface area (Å²) in [5, 5.41) is 49.6. The molecule has 0 spiro atoms. The Balaban J connectivity index is 1.85. The minimum absolute atomic E-state index is 0.00253. The van der Waals surface area contributed by atoms with Crippen LogP contribution in [0.4, 0.5) is 11.4 Å². The van der Waals surface area contributed by atoms with Gasteiger partial charge in [0.1, 0.15) is 17.1 Å². The van der Waals surface area contributed by atoms with E-state index in [1.54, 1.807) is 19.0 Å². The third-order valence-corrected chi connectivity index (χ3v) is 7.49. The van der Waals surface area contributed by atoms with Crippen molar-refractivity contribution >= 4 is 46.3 Å². The fraction of sp³-hybridized carbons (Fsp3) is 0.444. The van der Waals surface area contributed by atoms with Crippen LogP contribution in [0.15, 0.2) is 23.0 Å². The van der Waals surface area contributed by atoms with Crippen molar-refractivity contribution in [2.75, 3.05) is 30.9 Å². The van der Waals surface area contributed by atoms with E-state index >= 15 is 0 Å². The average Bonchev–Trinajstić information content (AvgIpc) is 2.84. The van der Waals surface area contributed by atoms with Crippen molar-refractivity contribution in [1.82, 2.24) is 5.32 Å². The molecule has 2 amide bonds. The topological polar surface area (TPSA) is 220 Å². The highest BCUT2D eigenvalue weighted by molar-refractivity contribution is 6.37. The molecule has 0 radical (unpaired) electrons. The van der Waals surface area contributed by atoms with E-state index < -0.39 is 75.0 Å². The van der Waals surface area contributed by atoms with E-state index in [1.807, 2.05) is 20.8 Å². The van der Waals surface area contributed by atoms with E-state index in [1.165, 1.54) is 6.07 Å². The molecule has 40 heavy (non-hydrogen) atoms. The molecule has 3 aliphatic carbocycles. The van der Waals surface area contributed by atoms with E-state index in [9.17, 15) is 44.4 Å². The lowest BCUT2D eigenvalue weighted by Crippen LogP contribution is -2.64. The molecule has 0 heterocycles. The quantitative estimate of drug-likeness (QED) is 0.145. The lowest BCUT2D eigenvalue weighted by molar-refractivity contribution is -0.163. The molecule has 1 saturated carbocycles. The Morgan fingerprint density at radius 3 is 2.27 bits per heavy atom. The fourth-order valence-corrected chi connectivity index (χ4v) is 5.56. The molecule has 0 aromatic heterocycles. The van der Waals surface area contributed by atoms with Gasteiger partial charge in [0.15, 0.2) is 5.76 Å². The third-order valence-electron chi connectivity index (χ3n) is 7.49. The SMILES string of the molecule is CN(C)c1cc(NC(=O)CNC(C)(C)C)c(O)c2c1C[C@H]1C[C@H]3C(=O)C(O)=C(C(N)=O)C(=O)[C@@]3(O)C(=O)C1=C2O. The van der Waals surface area contributed by atoms with Crippen molar-refractivity contribution in [3.8, 4) is 5.75 Å². The Hall–Kier alpha value is -4.23. The van der Waals surface area contributed by atoms with Crippen molar-refractivity contribution in [3.05, 3.63) is 34.1 Å². The number of phenols is 1. The number of primary amides is 1. The first-order chi connectivity index (χ1) is 18.4. The summed E-state index contributed by atoms with van der Waals surface area (Å²) in [6.45, 7) is 5.53. The zero-order valence-electron chi connectivity index (χ0n) is 22.7. The van der Waals surface area contributed by atoms with Crippen LogP contribution >= 0.6 is 0 Å². The molecule has 8 N–H and O–H groups in total. The highest BCUT2D eigenvalue weighted by Crippen LogP contribution is 2.53. The molecule has 0 bridgehead atoms. The van der Waals surface area contributed by atoms with Crippen molar-refractivity contribution in [2.24, 2.45) is 17.6 Å². The van der Waals surface area contributed by atoms with E-state index in [0.717, 1.165) is 0 Å². The van der Waals surface area contributed by atoms with Crippen LogP contribution < -0.4 is 21.3 Å². The summed E-state index contributed by atoms with van der Waals surface area (Å²) < 4.78 is 0. The maximum absolute atomic E-state index is 13.7. The molecule has 0 aliphatic heterocycles. The fourth-order valence-electron chi connectivity index (χ4n) is 5.56. The number of amides is 2. The highest BCUT2D eigenvalue weighted by Gasteiger charge is 2.64. The Morgan fingerprint density at radius 1 is 1.10 bits per heavy atom. The number of carbonyl (C=O) groups is 5. The van der Waals surface area contributed by atoms with E-state index in [2.05, 4.69) is 10.6 Å². The van der Waals surface area contributed by atoms with Crippen LogP contribution in [0.3, 0.4) is 0 Å². The van der Waals surface area contributed by atoms with Gasteiger partial charge in [-0.05, 0) is 51.2 Å². The van der Waals surface area contributed by atoms with Crippen LogP contribution in [0.2, 0.25) is 0 Å². The number of carbonyl (C=O) groups excluding carboxylic acids is 5. The summed E-state index contributed by atoms with van der Waals surface area (Å²) in [7, 11) is 3.38. The molecule has 4 rings (SSSR count). The van der Waals surface area contributed by atoms with Gasteiger partial charge in [0.25, 0.3) is 5.91 Å². The highest BCUT2D eigenvalue weighted by atomic mass is 16.3. The predicted octanol–water partition coefficient (Wildman–Crippen LogP) is -0.00450. The van der Waals surface area contributed by atoms with Gasteiger partial charge < -0.3 is 41.7 Å². The van der Waals surface area contributed by atoms with Gasteiger partial charge in [0.05, 0.1) is 23.7 Å². The van der Waals surface area contributed by atoms with Gasteiger partial charge in [-0.15, -0.1) is 0 Å². The van der Waals surface area contributed by atoms with Crippen LogP contribution in [-0.2, 0) is 30.4 Å². The van der Waals surface area contributed by atoms with E-state index in [4.69, 9.17) is 5.73 Å². The number of rotatable bonds is 5. The summed E-state index contributed by atoms with van der Waals surface area (Å²) in [5.74, 6) is -11.2. The number of nitrogens with zero attached hydrogens (tertiary/aromatic N) is 1. The molecule has 13 heteroatoms. The summed E-state index contributed by atoms with van der Waals surface area (Å²) in [4.78, 5) is 65.7. The second kappa shape index (κ2) is 9.45. The summed E-state index contributed by atoms with van der Waals surface area (Å²) in [6, 6.07) is 1.51. The number of anilines is 2. The number of hydrogen-bond acceptors (Lipinski definition) is 11. The van der Waals surface area contributed by atoms with Crippen molar-refractivity contribution in [1.29, 1.82) is 0 Å². The number of Topliss-reactive ketones (excluding diaryl/α,β-unsaturated/α-hetero) is 3. The van der Waals surface area contributed by atoms with Gasteiger partial charge >= 0.3 is 0 Å². The Labute approximate surface area is 229 Å². The molecule has 3 aliphatic rings. The van der Waals surface area contributed by atoms with Gasteiger partial charge in [-0.3, -0.25) is 24.0 Å². The van der Waals surface area contributed by atoms with Crippen LogP contribution in [-0.4, -0.2) is 81.4 Å². The molecule has 1 aromatic carbocycles. The van der Waals surface area contributed by atoms with Crippen molar-refractivity contribution in [2.45, 2.75) is 44.8 Å². The van der Waals surface area contributed by atoms with Gasteiger partial charge in [-0.1, -0.05) is 0 Å². The van der Waals surface area contributed by atoms with Gasteiger partial charge in [-0.25, -0.2) is 0 Å². The number of allylic oxidation sites excluding steroid dienone is 1. The van der Waals surface area contributed by atoms with Crippen LogP contribution in [0.1, 0.15) is 38.3 Å². The minimum atomic E-state index is -3.09. The normalized spacial score (nSPS) is 24.4. The molecule has 1 aromatic rings. The van der Waals surface area contributed by atoms with Crippen molar-refractivity contribution in [3.63, 3.8) is 0 Å². The van der Waals surface area contributed by atoms with E-state index in [0.29, 0.717) is 11.3 Å². The van der Waals surface area contributed by atoms with E-state index in [-0.39, 0.29) is 36.2 Å². The summed E-state index contributed by atoms with van der Waals surface area (Å²) >= 11 is 0. The van der Waals surface area contributed by atoms with Gasteiger partial charge in [-0.2, -0.15) is 0 Å². The maximum Gasteiger partial charge on any atom is 0.256 e. The van der Waals surface area contributed by atoms with Crippen LogP contribution in [0.5, 0.6) is 5.75 Å². The molecule has 1 fully saturated rings. The Bertz CT molecular complexity index is 1450. The molecule has 3 atom stereocenters. The first-order valence-corrected chi connectivity index (χ1v) is 12.6. The van der Waals surface area contributed by atoms with Gasteiger partial charge in [0.2, 0.25) is 28.9 Å². The number of nitrogens with two attached hydrogens (primary N) is 1. The molecular formula is C27H32N4O9. The largest absolute Gasteiger partial charge is 0.507 e. The summed E-state index contributed by atoms with van der Waals surface area (Å²) in [6.07, 6.45) is -0.325. The monoisotopic (exact) mass is 556 g/mol. The first kappa shape index (κ1) is 28.8. The number of aliphatic hydroxyl groups excluding tert-OH is 2. The third kappa shape index (κ3) is 4.31. The smallest absolute Gasteiger partial charge is 0.256 e. The number of hydrogen-bond donors (Lipinski definition) is 7. The molecule has 0 saturated heterocycles. The van der Waals surface area contributed by atoms with Crippen molar-refractivity contribution < 1.29 is 44.4 Å². The number of fused-ring (bicyclic) bond motifs is 3. The number of aromatic hydroxyl groups is 1. The number of phenolic OH excluding ortho intramolecular Hbond substituents is 1. The molecule has 214 valence electrons. The van der Waals surface area contributed by atoms with Gasteiger partial charge in [0, 0.05) is 30.9 Å². The second-order valence-corrected chi connectivity index (χ2v) is 11.5. The maximum atomic E-state index is 13.7. The molecule has 13 nitrogen and oxygen atoms in total. The molecular weight excluding hydrogens is 524 g/mol. The second-order valence-electron chi connectivity index (χ2n) is 11.5. The number of nitrogens with one attached hydrogen (secondary N) is 2. The average molecular weight is 557 g/mol. The zero-order valence-corrected chi connectivity index (χ0v) is 22.7. The first-order valence-electron chi connectivity index (χ1n) is 12.6. The minimum Gasteiger partial charge on any atom is -0.507 e. The Kier molecular flexibility index (Phi) is 6.80. The zero-order chi connectivity index (χ0) is 30.1. The predicted molar refractivity (Wildman–Crippen MR) is 142 cm³/mol. The van der Waals surface area contributed by atoms with Crippen LogP contribution in [0.25, 0.3) is 5.76 Å². The lowest BCUT2D eigenvalue weighted by atomic mass is 9.58. The standard InChI is InChI=1S/C27H32N4O9/c1-26(2,3)29-9-15(32)30-13-8-14(31(4)5)11-6-10-7-12-19(33)22(36)18(25(28)39)24(38)27(12,40)23(37)16(10)21(35)17(11)20(13)34/h8,10,12,29,34-36,40H,6-7,9H2,1-5H3,(H2,28,39)(H,30,32)/t10-,12-,27-/m0/s1. The van der Waals surface area contributed by atoms with Crippen LogP contribution in [0, 0.1) is 11.8 Å². The molecule has 0 unspecified atom stereocenters. The number of aliphatic hydroxyl groups is 3. The Morgan fingerprint density at radius 2 is 1.73 bits per heavy atom. The number of benzene rings is 1.